The highest BCUT2D eigenvalue weighted by molar-refractivity contribution is 5.69. The number of pyridine rings is 1. The lowest BCUT2D eigenvalue weighted by Crippen LogP contribution is -2.37. The van der Waals surface area contributed by atoms with Crippen LogP contribution >= 0.6 is 0 Å². The van der Waals surface area contributed by atoms with Crippen molar-refractivity contribution in [3.8, 4) is 11.5 Å². The number of hydrogen-bond donors (Lipinski definition) is 1. The number of carbonyl (C=O) groups excluding carboxylic acids is 1. The summed E-state index contributed by atoms with van der Waals surface area (Å²) >= 11 is 0. The molecule has 0 unspecified atom stereocenters. The van der Waals surface area contributed by atoms with Crippen LogP contribution in [0.2, 0.25) is 0 Å². The molecule has 0 bridgehead atoms. The van der Waals surface area contributed by atoms with E-state index in [1.54, 1.807) is 6.20 Å². The van der Waals surface area contributed by atoms with E-state index < -0.39 is 0 Å². The highest BCUT2D eigenvalue weighted by atomic mass is 16.6. The third kappa shape index (κ3) is 9.44. The van der Waals surface area contributed by atoms with Crippen LogP contribution in [0.3, 0.4) is 0 Å². The Labute approximate surface area is 254 Å². The van der Waals surface area contributed by atoms with Crippen LogP contribution in [-0.2, 0) is 36.6 Å². The summed E-state index contributed by atoms with van der Waals surface area (Å²) in [7, 11) is 0. The molecule has 1 aliphatic heterocycles. The van der Waals surface area contributed by atoms with Gasteiger partial charge < -0.3 is 29.2 Å². The molecule has 2 aliphatic rings. The molecule has 0 spiro atoms. The molecule has 0 amide bonds. The lowest BCUT2D eigenvalue weighted by molar-refractivity contribution is -0.156. The first-order valence-corrected chi connectivity index (χ1v) is 15.5. The minimum absolute atomic E-state index is 0.0371. The third-order valence-corrected chi connectivity index (χ3v) is 7.81. The molecule has 0 saturated heterocycles. The molecule has 0 atom stereocenters. The molecule has 230 valence electrons. The number of anilines is 2. The first-order chi connectivity index (χ1) is 21.2. The first kappa shape index (κ1) is 30.8. The van der Waals surface area contributed by atoms with Gasteiger partial charge in [-0.2, -0.15) is 0 Å². The van der Waals surface area contributed by atoms with Crippen LogP contribution in [0.1, 0.15) is 37.3 Å². The highest BCUT2D eigenvalue weighted by Gasteiger charge is 2.32. The number of ether oxygens (including phenoxy) is 4. The highest BCUT2D eigenvalue weighted by Crippen LogP contribution is 2.31. The SMILES string of the molecule is CCOCCOCCOCCC(=O)O[C@H]1C[C@H](CNc2cc(N3CCc4ccccc4CC3)nc(-c3ccccn3)n2)C1. The summed E-state index contributed by atoms with van der Waals surface area (Å²) in [4.78, 5) is 28.8. The number of fused-ring (bicyclic) bond motifs is 1. The number of carbonyl (C=O) groups is 1. The van der Waals surface area contributed by atoms with E-state index in [-0.39, 0.29) is 18.5 Å². The van der Waals surface area contributed by atoms with Gasteiger partial charge in [0.2, 0.25) is 0 Å². The molecule has 1 aromatic carbocycles. The van der Waals surface area contributed by atoms with Crippen molar-refractivity contribution in [1.29, 1.82) is 0 Å². The average Bonchev–Trinajstić information content (AvgIpc) is 3.24. The van der Waals surface area contributed by atoms with Gasteiger partial charge in [-0.1, -0.05) is 30.3 Å². The maximum Gasteiger partial charge on any atom is 0.308 e. The van der Waals surface area contributed by atoms with E-state index in [2.05, 4.69) is 39.5 Å². The molecule has 43 heavy (non-hydrogen) atoms. The van der Waals surface area contributed by atoms with E-state index >= 15 is 0 Å². The molecule has 1 fully saturated rings. The topological polar surface area (TPSA) is 108 Å². The van der Waals surface area contributed by atoms with Gasteiger partial charge in [-0.15, -0.1) is 0 Å². The maximum absolute atomic E-state index is 12.2. The summed E-state index contributed by atoms with van der Waals surface area (Å²) in [5.74, 6) is 2.50. The van der Waals surface area contributed by atoms with Crippen LogP contribution in [0, 0.1) is 5.92 Å². The quantitative estimate of drug-likeness (QED) is 0.192. The molecule has 3 aromatic rings. The third-order valence-electron chi connectivity index (χ3n) is 7.81. The van der Waals surface area contributed by atoms with Crippen LogP contribution < -0.4 is 10.2 Å². The smallest absolute Gasteiger partial charge is 0.308 e. The second kappa shape index (κ2) is 16.3. The molecule has 5 rings (SSSR count). The van der Waals surface area contributed by atoms with Gasteiger partial charge in [-0.25, -0.2) is 9.97 Å². The standard InChI is InChI=1S/C33H43N5O5/c1-2-40-17-18-42-20-19-41-16-12-32(39)43-28-21-25(22-28)24-35-30-23-31(37-33(36-30)29-9-5-6-13-34-29)38-14-10-26-7-3-4-8-27(26)11-15-38/h3-9,13,23,25,28H,2,10-12,14-22,24H2,1H3,(H,35,36,37)/t25-,28-. The normalized spacial score (nSPS) is 17.9. The number of nitrogens with zero attached hydrogens (tertiary/aromatic N) is 4. The summed E-state index contributed by atoms with van der Waals surface area (Å²) in [6.45, 7) is 7.61. The summed E-state index contributed by atoms with van der Waals surface area (Å²) in [5, 5.41) is 3.53. The van der Waals surface area contributed by atoms with Crippen LogP contribution in [0.15, 0.2) is 54.7 Å². The molecule has 3 heterocycles. The van der Waals surface area contributed by atoms with Crippen molar-refractivity contribution in [2.45, 2.75) is 45.1 Å². The summed E-state index contributed by atoms with van der Waals surface area (Å²) in [6, 6.07) is 16.5. The number of hydrogen-bond acceptors (Lipinski definition) is 10. The van der Waals surface area contributed by atoms with Crippen molar-refractivity contribution in [3.05, 3.63) is 65.9 Å². The van der Waals surface area contributed by atoms with Gasteiger partial charge in [0.1, 0.15) is 23.4 Å². The van der Waals surface area contributed by atoms with Crippen LogP contribution in [0.25, 0.3) is 11.5 Å². The number of aromatic nitrogens is 3. The molecule has 10 heteroatoms. The fourth-order valence-corrected chi connectivity index (χ4v) is 5.36. The minimum Gasteiger partial charge on any atom is -0.462 e. The summed E-state index contributed by atoms with van der Waals surface area (Å²) < 4.78 is 21.7. The van der Waals surface area contributed by atoms with Gasteiger partial charge in [0.15, 0.2) is 5.82 Å². The number of rotatable bonds is 16. The Hall–Kier alpha value is -3.60. The van der Waals surface area contributed by atoms with Gasteiger partial charge in [0.25, 0.3) is 0 Å². The summed E-state index contributed by atoms with van der Waals surface area (Å²) in [6.07, 6.45) is 5.62. The predicted octanol–water partition coefficient (Wildman–Crippen LogP) is 4.34. The van der Waals surface area contributed by atoms with E-state index in [9.17, 15) is 4.79 Å². The first-order valence-electron chi connectivity index (χ1n) is 15.5. The van der Waals surface area contributed by atoms with Crippen molar-refractivity contribution < 1.29 is 23.7 Å². The Morgan fingerprint density at radius 3 is 2.30 bits per heavy atom. The fraction of sp³-hybridized carbons (Fsp3) is 0.515. The molecule has 1 N–H and O–H groups in total. The van der Waals surface area contributed by atoms with Crippen LogP contribution in [0.4, 0.5) is 11.6 Å². The second-order valence-electron chi connectivity index (χ2n) is 10.9. The van der Waals surface area contributed by atoms with Crippen molar-refractivity contribution in [2.24, 2.45) is 5.92 Å². The summed E-state index contributed by atoms with van der Waals surface area (Å²) in [5.41, 5.74) is 3.57. The monoisotopic (exact) mass is 589 g/mol. The number of benzene rings is 1. The number of esters is 1. The molecule has 0 radical (unpaired) electrons. The van der Waals surface area contributed by atoms with E-state index in [1.807, 2.05) is 31.2 Å². The molecule has 1 saturated carbocycles. The lowest BCUT2D eigenvalue weighted by Gasteiger charge is -2.35. The Bertz CT molecular complexity index is 1260. The average molecular weight is 590 g/mol. The van der Waals surface area contributed by atoms with Gasteiger partial charge in [0.05, 0.1) is 39.5 Å². The zero-order valence-electron chi connectivity index (χ0n) is 25.1. The fourth-order valence-electron chi connectivity index (χ4n) is 5.36. The zero-order chi connectivity index (χ0) is 29.7. The molecular formula is C33H43N5O5. The van der Waals surface area contributed by atoms with Crippen molar-refractivity contribution >= 4 is 17.6 Å². The van der Waals surface area contributed by atoms with E-state index in [0.29, 0.717) is 51.4 Å². The Morgan fingerprint density at radius 2 is 1.60 bits per heavy atom. The van der Waals surface area contributed by atoms with Gasteiger partial charge in [-0.3, -0.25) is 9.78 Å². The largest absolute Gasteiger partial charge is 0.462 e. The van der Waals surface area contributed by atoms with Gasteiger partial charge >= 0.3 is 5.97 Å². The van der Waals surface area contributed by atoms with Gasteiger partial charge in [0, 0.05) is 38.5 Å². The second-order valence-corrected chi connectivity index (χ2v) is 10.9. The Morgan fingerprint density at radius 1 is 0.907 bits per heavy atom. The Balaban J connectivity index is 1.07. The minimum atomic E-state index is -0.214. The van der Waals surface area contributed by atoms with Crippen molar-refractivity contribution in [3.63, 3.8) is 0 Å². The predicted molar refractivity (Wildman–Crippen MR) is 165 cm³/mol. The van der Waals surface area contributed by atoms with Crippen molar-refractivity contribution in [1.82, 2.24) is 15.0 Å². The molecular weight excluding hydrogens is 546 g/mol. The lowest BCUT2D eigenvalue weighted by atomic mass is 9.82. The van der Waals surface area contributed by atoms with Gasteiger partial charge in [-0.05, 0) is 61.8 Å². The molecule has 10 nitrogen and oxygen atoms in total. The van der Waals surface area contributed by atoms with Crippen LogP contribution in [0.5, 0.6) is 0 Å². The Kier molecular flexibility index (Phi) is 11.7. The maximum atomic E-state index is 12.2. The van der Waals surface area contributed by atoms with E-state index in [4.69, 9.17) is 28.9 Å². The van der Waals surface area contributed by atoms with Crippen molar-refractivity contribution in [2.75, 3.05) is 69.5 Å². The zero-order valence-corrected chi connectivity index (χ0v) is 25.1. The molecule has 2 aromatic heterocycles. The van der Waals surface area contributed by atoms with E-state index in [1.165, 1.54) is 11.1 Å². The van der Waals surface area contributed by atoms with Crippen LogP contribution in [-0.4, -0.2) is 86.3 Å². The van der Waals surface area contributed by atoms with E-state index in [0.717, 1.165) is 62.6 Å². The number of nitrogens with one attached hydrogen (secondary N) is 1. The molecule has 1 aliphatic carbocycles.